The van der Waals surface area contributed by atoms with E-state index in [9.17, 15) is 28.3 Å². The van der Waals surface area contributed by atoms with Crippen molar-refractivity contribution in [3.8, 4) is 0 Å². The zero-order valence-electron chi connectivity index (χ0n) is 22.5. The largest absolute Gasteiger partial charge is 0.472 e. The Bertz CT molecular complexity index is 1880. The van der Waals surface area contributed by atoms with Crippen LogP contribution in [0, 0.1) is 5.82 Å². The number of hydrogen-bond donors (Lipinski definition) is 6. The minimum absolute atomic E-state index is 0.0407. The fourth-order valence-corrected chi connectivity index (χ4v) is 7.05. The number of H-pyrrole nitrogens is 1. The number of aliphatic hydroxyl groups is 1. The third kappa shape index (κ3) is 6.10. The molecule has 19 nitrogen and oxygen atoms in total. The van der Waals surface area contributed by atoms with Crippen LogP contribution in [0.2, 0.25) is 0 Å². The highest BCUT2D eigenvalue weighted by molar-refractivity contribution is 8.39. The predicted molar refractivity (Wildman–Crippen MR) is 152 cm³/mol. The van der Waals surface area contributed by atoms with Gasteiger partial charge in [0.15, 0.2) is 35.0 Å². The van der Waals surface area contributed by atoms with Gasteiger partial charge in [0, 0.05) is 12.6 Å². The summed E-state index contributed by atoms with van der Waals surface area (Å²) >= 11 is 3.79. The molecule has 0 amide bonds. The van der Waals surface area contributed by atoms with Gasteiger partial charge in [0.05, 0.1) is 31.0 Å². The molecule has 2 fully saturated rings. The molecule has 0 aromatic carbocycles. The van der Waals surface area contributed by atoms with Gasteiger partial charge in [-0.25, -0.2) is 28.3 Å². The van der Waals surface area contributed by atoms with Crippen LogP contribution >= 0.6 is 27.3 Å². The van der Waals surface area contributed by atoms with E-state index in [4.69, 9.17) is 34.5 Å². The van der Waals surface area contributed by atoms with E-state index in [0.717, 1.165) is 23.4 Å². The molecule has 0 spiro atoms. The number of thiol groups is 1. The molecule has 4 aromatic heterocycles. The quantitative estimate of drug-likeness (QED) is 0.0979. The van der Waals surface area contributed by atoms with E-state index in [-0.39, 0.29) is 40.4 Å². The molecule has 0 radical (unpaired) electrons. The number of alkyl halides is 1. The lowest BCUT2D eigenvalue weighted by molar-refractivity contribution is -0.0574. The third-order valence-electron chi connectivity index (χ3n) is 7.16. The lowest BCUT2D eigenvalue weighted by Crippen LogP contribution is -2.32. The van der Waals surface area contributed by atoms with Gasteiger partial charge in [0.2, 0.25) is 13.2 Å². The van der Waals surface area contributed by atoms with Crippen LogP contribution < -0.4 is 17.0 Å². The van der Waals surface area contributed by atoms with Crippen LogP contribution in [0.25, 0.3) is 22.2 Å². The predicted octanol–water partition coefficient (Wildman–Crippen LogP) is 0.590. The van der Waals surface area contributed by atoms with Gasteiger partial charge in [0.25, 0.3) is 5.56 Å². The lowest BCUT2D eigenvalue weighted by Gasteiger charge is -2.24. The summed E-state index contributed by atoms with van der Waals surface area (Å²) in [5.74, 6) is -1.14. The van der Waals surface area contributed by atoms with Gasteiger partial charge in [-0.1, -0.05) is 12.2 Å². The van der Waals surface area contributed by atoms with Crippen molar-refractivity contribution in [2.45, 2.75) is 49.5 Å². The molecule has 6 heterocycles. The number of aromatic amines is 1. The summed E-state index contributed by atoms with van der Waals surface area (Å²) in [4.78, 5) is 40.7. The molecule has 9 atom stereocenters. The van der Waals surface area contributed by atoms with Crippen LogP contribution in [0.4, 0.5) is 20.5 Å². The van der Waals surface area contributed by atoms with Crippen molar-refractivity contribution >= 4 is 61.3 Å². The number of nitrogens with one attached hydrogen (secondary N) is 1. The molecule has 2 saturated heterocycles. The molecule has 0 bridgehead atoms. The number of rotatable bonds is 10. The first-order chi connectivity index (χ1) is 21.4. The topological polar surface area (TPSA) is 267 Å². The van der Waals surface area contributed by atoms with Crippen molar-refractivity contribution in [3.63, 3.8) is 0 Å². The molecular weight excluding hydrogens is 670 g/mol. The van der Waals surface area contributed by atoms with Crippen molar-refractivity contribution in [1.29, 1.82) is 0 Å². The maximum absolute atomic E-state index is 15.3. The Kier molecular flexibility index (Phi) is 8.72. The number of nitrogens with two attached hydrogens (primary N) is 2. The van der Waals surface area contributed by atoms with Crippen molar-refractivity contribution < 1.29 is 51.0 Å². The minimum atomic E-state index is -5.16. The first kappa shape index (κ1) is 31.9. The van der Waals surface area contributed by atoms with Crippen molar-refractivity contribution in [1.82, 2.24) is 34.1 Å². The number of anilines is 2. The van der Waals surface area contributed by atoms with E-state index in [1.165, 1.54) is 4.57 Å². The second-order valence-electron chi connectivity index (χ2n) is 9.93. The first-order valence-electron chi connectivity index (χ1n) is 13.0. The molecule has 2 aliphatic rings. The highest BCUT2D eigenvalue weighted by atomic mass is 32.7. The van der Waals surface area contributed by atoms with E-state index in [1.54, 1.807) is 0 Å². The first-order valence-corrected chi connectivity index (χ1v) is 17.1. The van der Waals surface area contributed by atoms with Crippen LogP contribution in [-0.4, -0.2) is 87.9 Å². The van der Waals surface area contributed by atoms with Gasteiger partial charge in [-0.15, -0.1) is 0 Å². The summed E-state index contributed by atoms with van der Waals surface area (Å²) in [6.45, 7) is -1.54. The Balaban J connectivity index is 1.21. The van der Waals surface area contributed by atoms with Crippen molar-refractivity contribution in [3.05, 3.63) is 35.0 Å². The van der Waals surface area contributed by atoms with E-state index in [2.05, 4.69) is 37.2 Å². The average molecular weight is 695 g/mol. The minimum Gasteiger partial charge on any atom is -0.394 e. The number of aromatic nitrogens is 7. The SMILES string of the molecule is Nc1nc2c(ncn2[C@@H]2O[C@H](CO)[C@@H](F)[C@H]2OP(=O)(O)OC[C@H]2O[C@@H](n3cc(F)c4c(N)ncnc43)C[C@@H]2O[PH](=O)S)c(=O)[nH]1. The number of aliphatic hydroxyl groups excluding tert-OH is 1. The molecular formula is C21H25F2N9O10P2S. The van der Waals surface area contributed by atoms with Gasteiger partial charge in [0.1, 0.15) is 36.7 Å². The fourth-order valence-electron chi connectivity index (χ4n) is 5.22. The normalized spacial score (nSPS) is 29.0. The zero-order chi connectivity index (χ0) is 32.2. The molecule has 7 N–H and O–H groups in total. The van der Waals surface area contributed by atoms with Gasteiger partial charge in [-0.05, 0) is 0 Å². The molecule has 45 heavy (non-hydrogen) atoms. The Morgan fingerprint density at radius 3 is 2.73 bits per heavy atom. The van der Waals surface area contributed by atoms with Crippen LogP contribution in [0.1, 0.15) is 18.9 Å². The van der Waals surface area contributed by atoms with Crippen molar-refractivity contribution in [2.75, 3.05) is 24.7 Å². The Morgan fingerprint density at radius 1 is 1.22 bits per heavy atom. The number of fused-ring (bicyclic) bond motifs is 2. The van der Waals surface area contributed by atoms with Gasteiger partial charge in [-0.3, -0.25) is 28.0 Å². The molecule has 0 aliphatic carbocycles. The average Bonchev–Trinajstić information content (AvgIpc) is 3.72. The third-order valence-corrected chi connectivity index (χ3v) is 8.97. The maximum Gasteiger partial charge on any atom is 0.472 e. The Labute approximate surface area is 255 Å². The van der Waals surface area contributed by atoms with Crippen LogP contribution in [-0.2, 0) is 32.2 Å². The molecule has 2 aliphatic heterocycles. The second kappa shape index (κ2) is 12.3. The van der Waals surface area contributed by atoms with Gasteiger partial charge < -0.3 is 40.0 Å². The summed E-state index contributed by atoms with van der Waals surface area (Å²) in [6.07, 6.45) is -7.08. The number of nitrogens with zero attached hydrogens (tertiary/aromatic N) is 6. The Morgan fingerprint density at radius 2 is 2.00 bits per heavy atom. The summed E-state index contributed by atoms with van der Waals surface area (Å²) in [7, 11) is -8.02. The van der Waals surface area contributed by atoms with Crippen LogP contribution in [0.3, 0.4) is 0 Å². The smallest absolute Gasteiger partial charge is 0.394 e. The van der Waals surface area contributed by atoms with E-state index >= 15 is 4.39 Å². The molecule has 244 valence electrons. The summed E-state index contributed by atoms with van der Waals surface area (Å²) in [5.41, 5.74) is 10.4. The van der Waals surface area contributed by atoms with E-state index in [1.807, 2.05) is 0 Å². The number of imidazole rings is 1. The Hall–Kier alpha value is -3.04. The second-order valence-corrected chi connectivity index (χ2v) is 13.2. The number of phosphoric acid groups is 1. The molecule has 0 saturated carbocycles. The number of ether oxygens (including phenoxy) is 2. The van der Waals surface area contributed by atoms with Crippen LogP contribution in [0.5, 0.6) is 0 Å². The van der Waals surface area contributed by atoms with Crippen LogP contribution in [0.15, 0.2) is 23.6 Å². The number of nitrogen functional groups attached to an aromatic ring is 2. The van der Waals surface area contributed by atoms with Gasteiger partial charge in [-0.2, -0.15) is 4.98 Å². The zero-order valence-corrected chi connectivity index (χ0v) is 25.3. The van der Waals surface area contributed by atoms with Crippen molar-refractivity contribution in [2.24, 2.45) is 0 Å². The van der Waals surface area contributed by atoms with E-state index < -0.39 is 82.7 Å². The molecule has 2 unspecified atom stereocenters. The number of halogens is 2. The lowest BCUT2D eigenvalue weighted by atomic mass is 10.1. The highest BCUT2D eigenvalue weighted by Crippen LogP contribution is 2.51. The fraction of sp³-hybridized carbons (Fsp3) is 0.476. The molecule has 24 heteroatoms. The summed E-state index contributed by atoms with van der Waals surface area (Å²) < 4.78 is 84.4. The molecule has 4 aromatic rings. The van der Waals surface area contributed by atoms with E-state index in [0.29, 0.717) is 0 Å². The maximum atomic E-state index is 15.3. The summed E-state index contributed by atoms with van der Waals surface area (Å²) in [6, 6.07) is 0. The number of phosphoric ester groups is 1. The number of hydrogen-bond acceptors (Lipinski definition) is 15. The summed E-state index contributed by atoms with van der Waals surface area (Å²) in [5, 5.41) is 9.56. The monoisotopic (exact) mass is 695 g/mol. The standard InChI is InChI=1S/C21H25F2N9O10P2S/c22-7-2-31(17-12(7)16(24)26-5-27-17)11-1-8(41-43(35)45)10(39-11)4-38-44(36,37)42-15-13(23)9(3-33)40-20(15)32-6-28-14-18(32)29-21(25)30-19(14)34/h2,5-6,8-11,13,15,20,33,43H,1,3-4H2,(H,35,45)(H,36,37)(H2,24,26,27)(H3,25,29,30,34)/t8-,9+,10+,11+,13+,15+,20+/m0/s1. The molecule has 6 rings (SSSR count). The van der Waals surface area contributed by atoms with Gasteiger partial charge >= 0.3 is 7.82 Å². The highest BCUT2D eigenvalue weighted by Gasteiger charge is 2.51.